The standard InChI is InChI=1S/C21H21N3O/c25-21(24-19-11-5-2-6-12-19)18-13-14-20(23-16-18)22-15-7-10-17-8-3-1-4-9-17/h1-6,8-9,11-14,16H,7,10,15H2,(H,22,23)(H,24,25). The molecule has 3 aromatic rings. The molecule has 0 bridgehead atoms. The largest absolute Gasteiger partial charge is 0.370 e. The van der Waals surface area contributed by atoms with Crippen LogP contribution in [0.25, 0.3) is 0 Å². The lowest BCUT2D eigenvalue weighted by Crippen LogP contribution is -2.12. The van der Waals surface area contributed by atoms with Gasteiger partial charge in [0.05, 0.1) is 5.56 Å². The average molecular weight is 331 g/mol. The molecule has 2 aromatic carbocycles. The molecule has 0 spiro atoms. The molecule has 1 heterocycles. The van der Waals surface area contributed by atoms with Crippen molar-refractivity contribution >= 4 is 17.4 Å². The van der Waals surface area contributed by atoms with Crippen molar-refractivity contribution in [1.29, 1.82) is 0 Å². The fourth-order valence-corrected chi connectivity index (χ4v) is 2.51. The molecule has 0 unspecified atom stereocenters. The Labute approximate surface area is 147 Å². The van der Waals surface area contributed by atoms with Crippen molar-refractivity contribution in [3.8, 4) is 0 Å². The van der Waals surface area contributed by atoms with Crippen LogP contribution in [0.2, 0.25) is 0 Å². The zero-order chi connectivity index (χ0) is 17.3. The van der Waals surface area contributed by atoms with Gasteiger partial charge in [0.2, 0.25) is 0 Å². The molecular formula is C21H21N3O. The maximum absolute atomic E-state index is 12.2. The summed E-state index contributed by atoms with van der Waals surface area (Å²) in [7, 11) is 0. The fourth-order valence-electron chi connectivity index (χ4n) is 2.51. The van der Waals surface area contributed by atoms with Crippen molar-refractivity contribution in [2.45, 2.75) is 12.8 Å². The van der Waals surface area contributed by atoms with E-state index in [0.717, 1.165) is 30.9 Å². The highest BCUT2D eigenvalue weighted by Gasteiger charge is 2.06. The third kappa shape index (κ3) is 5.18. The van der Waals surface area contributed by atoms with Gasteiger partial charge in [0.15, 0.2) is 0 Å². The maximum atomic E-state index is 12.2. The molecule has 0 aliphatic rings. The van der Waals surface area contributed by atoms with Crippen LogP contribution in [0.4, 0.5) is 11.5 Å². The monoisotopic (exact) mass is 331 g/mol. The Morgan fingerprint density at radius 3 is 2.28 bits per heavy atom. The fraction of sp³-hybridized carbons (Fsp3) is 0.143. The van der Waals surface area contributed by atoms with Gasteiger partial charge in [-0.1, -0.05) is 48.5 Å². The summed E-state index contributed by atoms with van der Waals surface area (Å²) in [5.41, 5.74) is 2.65. The molecule has 25 heavy (non-hydrogen) atoms. The minimum absolute atomic E-state index is 0.158. The van der Waals surface area contributed by atoms with E-state index in [0.29, 0.717) is 5.56 Å². The van der Waals surface area contributed by atoms with Gasteiger partial charge in [-0.15, -0.1) is 0 Å². The van der Waals surface area contributed by atoms with Gasteiger partial charge in [0.1, 0.15) is 5.82 Å². The van der Waals surface area contributed by atoms with Crippen molar-refractivity contribution in [2.75, 3.05) is 17.2 Å². The average Bonchev–Trinajstić information content (AvgIpc) is 2.67. The number of hydrogen-bond donors (Lipinski definition) is 2. The van der Waals surface area contributed by atoms with Gasteiger partial charge in [0.25, 0.3) is 5.91 Å². The Morgan fingerprint density at radius 1 is 0.880 bits per heavy atom. The number of carbonyl (C=O) groups is 1. The van der Waals surface area contributed by atoms with E-state index in [9.17, 15) is 4.79 Å². The van der Waals surface area contributed by atoms with Crippen LogP contribution in [0.3, 0.4) is 0 Å². The SMILES string of the molecule is O=C(Nc1ccccc1)c1ccc(NCCCc2ccccc2)nc1. The zero-order valence-corrected chi connectivity index (χ0v) is 14.0. The van der Waals surface area contributed by atoms with Crippen LogP contribution in [-0.4, -0.2) is 17.4 Å². The summed E-state index contributed by atoms with van der Waals surface area (Å²) >= 11 is 0. The maximum Gasteiger partial charge on any atom is 0.257 e. The molecule has 4 heteroatoms. The molecule has 0 atom stereocenters. The van der Waals surface area contributed by atoms with Crippen molar-refractivity contribution in [2.24, 2.45) is 0 Å². The van der Waals surface area contributed by atoms with Crippen molar-refractivity contribution < 1.29 is 4.79 Å². The third-order valence-corrected chi connectivity index (χ3v) is 3.85. The van der Waals surface area contributed by atoms with E-state index in [-0.39, 0.29) is 5.91 Å². The van der Waals surface area contributed by atoms with E-state index in [1.54, 1.807) is 12.3 Å². The van der Waals surface area contributed by atoms with E-state index in [2.05, 4.69) is 39.9 Å². The molecule has 0 aliphatic carbocycles. The highest BCUT2D eigenvalue weighted by Crippen LogP contribution is 2.10. The van der Waals surface area contributed by atoms with Crippen LogP contribution in [-0.2, 0) is 6.42 Å². The lowest BCUT2D eigenvalue weighted by Gasteiger charge is -2.07. The first-order valence-electron chi connectivity index (χ1n) is 8.41. The normalized spacial score (nSPS) is 10.2. The van der Waals surface area contributed by atoms with Crippen LogP contribution >= 0.6 is 0 Å². The van der Waals surface area contributed by atoms with E-state index < -0.39 is 0 Å². The van der Waals surface area contributed by atoms with Gasteiger partial charge in [-0.2, -0.15) is 0 Å². The number of nitrogens with one attached hydrogen (secondary N) is 2. The second-order valence-electron chi connectivity index (χ2n) is 5.77. The molecule has 0 radical (unpaired) electrons. The quantitative estimate of drug-likeness (QED) is 0.632. The summed E-state index contributed by atoms with van der Waals surface area (Å²) in [5, 5.41) is 6.14. The minimum atomic E-state index is -0.158. The summed E-state index contributed by atoms with van der Waals surface area (Å²) in [6.45, 7) is 0.845. The first kappa shape index (κ1) is 16.7. The van der Waals surface area contributed by atoms with Crippen LogP contribution in [0.1, 0.15) is 22.3 Å². The van der Waals surface area contributed by atoms with E-state index in [1.165, 1.54) is 5.56 Å². The second kappa shape index (κ2) is 8.64. The van der Waals surface area contributed by atoms with Crippen molar-refractivity contribution in [3.63, 3.8) is 0 Å². The molecule has 0 aliphatic heterocycles. The molecule has 4 nitrogen and oxygen atoms in total. The lowest BCUT2D eigenvalue weighted by molar-refractivity contribution is 0.102. The summed E-state index contributed by atoms with van der Waals surface area (Å²) in [4.78, 5) is 16.5. The number of aryl methyl sites for hydroxylation is 1. The van der Waals surface area contributed by atoms with Gasteiger partial charge in [-0.3, -0.25) is 4.79 Å². The van der Waals surface area contributed by atoms with E-state index in [1.807, 2.05) is 42.5 Å². The van der Waals surface area contributed by atoms with Crippen LogP contribution in [0.15, 0.2) is 79.0 Å². The minimum Gasteiger partial charge on any atom is -0.370 e. The van der Waals surface area contributed by atoms with Gasteiger partial charge < -0.3 is 10.6 Å². The number of nitrogens with zero attached hydrogens (tertiary/aromatic N) is 1. The molecule has 0 saturated heterocycles. The molecule has 126 valence electrons. The van der Waals surface area contributed by atoms with Crippen molar-refractivity contribution in [3.05, 3.63) is 90.1 Å². The van der Waals surface area contributed by atoms with E-state index in [4.69, 9.17) is 0 Å². The first-order chi connectivity index (χ1) is 12.3. The molecule has 0 fully saturated rings. The smallest absolute Gasteiger partial charge is 0.257 e. The molecule has 3 rings (SSSR count). The molecule has 1 aromatic heterocycles. The Balaban J connectivity index is 1.46. The van der Waals surface area contributed by atoms with Crippen molar-refractivity contribution in [1.82, 2.24) is 4.98 Å². The number of amides is 1. The predicted molar refractivity (Wildman–Crippen MR) is 102 cm³/mol. The highest BCUT2D eigenvalue weighted by molar-refractivity contribution is 6.04. The number of anilines is 2. The predicted octanol–water partition coefficient (Wildman–Crippen LogP) is 4.38. The number of rotatable bonds is 7. The number of aromatic nitrogens is 1. The number of benzene rings is 2. The Kier molecular flexibility index (Phi) is 5.77. The van der Waals surface area contributed by atoms with E-state index >= 15 is 0 Å². The zero-order valence-electron chi connectivity index (χ0n) is 14.0. The third-order valence-electron chi connectivity index (χ3n) is 3.85. The number of hydrogen-bond acceptors (Lipinski definition) is 3. The Bertz CT molecular complexity index is 786. The summed E-state index contributed by atoms with van der Waals surface area (Å²) in [6, 6.07) is 23.4. The topological polar surface area (TPSA) is 54.0 Å². The highest BCUT2D eigenvalue weighted by atomic mass is 16.1. The summed E-state index contributed by atoms with van der Waals surface area (Å²) in [6.07, 6.45) is 3.66. The Morgan fingerprint density at radius 2 is 1.60 bits per heavy atom. The lowest BCUT2D eigenvalue weighted by atomic mass is 10.1. The van der Waals surface area contributed by atoms with Gasteiger partial charge >= 0.3 is 0 Å². The number of carbonyl (C=O) groups excluding carboxylic acids is 1. The van der Waals surface area contributed by atoms with Crippen LogP contribution < -0.4 is 10.6 Å². The molecule has 1 amide bonds. The van der Waals surface area contributed by atoms with Crippen LogP contribution in [0.5, 0.6) is 0 Å². The first-order valence-corrected chi connectivity index (χ1v) is 8.41. The van der Waals surface area contributed by atoms with Gasteiger partial charge in [-0.05, 0) is 42.7 Å². The Hall–Kier alpha value is -3.14. The molecule has 0 saturated carbocycles. The summed E-state index contributed by atoms with van der Waals surface area (Å²) in [5.74, 6) is 0.624. The number of para-hydroxylation sites is 1. The molecule has 2 N–H and O–H groups in total. The number of pyridine rings is 1. The van der Waals surface area contributed by atoms with Crippen LogP contribution in [0, 0.1) is 0 Å². The van der Waals surface area contributed by atoms with Gasteiger partial charge in [-0.25, -0.2) is 4.98 Å². The van der Waals surface area contributed by atoms with Gasteiger partial charge in [0, 0.05) is 18.4 Å². The second-order valence-corrected chi connectivity index (χ2v) is 5.77. The summed E-state index contributed by atoms with van der Waals surface area (Å²) < 4.78 is 0. The molecular weight excluding hydrogens is 310 g/mol.